The number of sulfone groups is 1. The highest BCUT2D eigenvalue weighted by atomic mass is 32.2. The number of unbranched alkanes of at least 4 members (excludes halogenated alkanes) is 2. The quantitative estimate of drug-likeness (QED) is 0.558. The van der Waals surface area contributed by atoms with Gasteiger partial charge in [-0.15, -0.1) is 0 Å². The fourth-order valence-corrected chi connectivity index (χ4v) is 7.14. The third kappa shape index (κ3) is 5.62. The first kappa shape index (κ1) is 24.8. The summed E-state index contributed by atoms with van der Waals surface area (Å²) in [5.74, 6) is -0.924. The SMILES string of the molecule is CCCCCS(=O)(=O)CC(=O)N1CCN(S(=O)(=O)c2c(C)c(C)cc(C)c2C)CC1. The standard InChI is InChI=1S/C21H34N2O5S2/c1-6-7-8-13-29(25,26)15-20(24)22-9-11-23(12-10-22)30(27,28)21-18(4)16(2)14-17(3)19(21)5/h14H,6-13,15H2,1-5H3. The Morgan fingerprint density at radius 3 is 1.93 bits per heavy atom. The first-order valence-corrected chi connectivity index (χ1v) is 13.7. The second-order valence-electron chi connectivity index (χ2n) is 8.17. The molecule has 1 aliphatic heterocycles. The van der Waals surface area contributed by atoms with Crippen LogP contribution in [0.5, 0.6) is 0 Å². The van der Waals surface area contributed by atoms with E-state index in [0.29, 0.717) is 11.3 Å². The fourth-order valence-electron chi connectivity index (χ4n) is 3.80. The molecule has 0 aliphatic carbocycles. The van der Waals surface area contributed by atoms with Crippen molar-refractivity contribution in [3.05, 3.63) is 28.3 Å². The van der Waals surface area contributed by atoms with Gasteiger partial charge in [-0.2, -0.15) is 4.31 Å². The monoisotopic (exact) mass is 458 g/mol. The van der Waals surface area contributed by atoms with Crippen LogP contribution in [0.1, 0.15) is 48.4 Å². The van der Waals surface area contributed by atoms with E-state index in [1.54, 1.807) is 0 Å². The molecule has 1 aromatic carbocycles. The van der Waals surface area contributed by atoms with Gasteiger partial charge in [-0.05, 0) is 56.4 Å². The van der Waals surface area contributed by atoms with Gasteiger partial charge in [0, 0.05) is 26.2 Å². The van der Waals surface area contributed by atoms with Crippen LogP contribution in [-0.4, -0.2) is 69.6 Å². The van der Waals surface area contributed by atoms with Gasteiger partial charge < -0.3 is 4.90 Å². The van der Waals surface area contributed by atoms with Crippen LogP contribution in [-0.2, 0) is 24.7 Å². The Hall–Kier alpha value is -1.45. The minimum absolute atomic E-state index is 0.0200. The smallest absolute Gasteiger partial charge is 0.243 e. The highest BCUT2D eigenvalue weighted by Crippen LogP contribution is 2.29. The van der Waals surface area contributed by atoms with Crippen molar-refractivity contribution in [2.75, 3.05) is 37.7 Å². The zero-order chi connectivity index (χ0) is 22.7. The van der Waals surface area contributed by atoms with Crippen molar-refractivity contribution in [1.29, 1.82) is 0 Å². The van der Waals surface area contributed by atoms with Crippen LogP contribution >= 0.6 is 0 Å². The van der Waals surface area contributed by atoms with E-state index in [9.17, 15) is 21.6 Å². The van der Waals surface area contributed by atoms with E-state index in [2.05, 4.69) is 0 Å². The van der Waals surface area contributed by atoms with Crippen molar-refractivity contribution in [1.82, 2.24) is 9.21 Å². The lowest BCUT2D eigenvalue weighted by Crippen LogP contribution is -2.51. The number of carbonyl (C=O) groups is 1. The lowest BCUT2D eigenvalue weighted by Gasteiger charge is -2.34. The van der Waals surface area contributed by atoms with Crippen molar-refractivity contribution < 1.29 is 21.6 Å². The van der Waals surface area contributed by atoms with E-state index in [1.165, 1.54) is 9.21 Å². The van der Waals surface area contributed by atoms with E-state index < -0.39 is 31.5 Å². The second kappa shape index (κ2) is 9.78. The van der Waals surface area contributed by atoms with Crippen LogP contribution in [0.2, 0.25) is 0 Å². The number of amides is 1. The number of nitrogens with zero attached hydrogens (tertiary/aromatic N) is 2. The average molecular weight is 459 g/mol. The summed E-state index contributed by atoms with van der Waals surface area (Å²) >= 11 is 0. The normalized spacial score (nSPS) is 16.1. The number of sulfonamides is 1. The van der Waals surface area contributed by atoms with Crippen molar-refractivity contribution in [2.45, 2.75) is 58.8 Å². The van der Waals surface area contributed by atoms with E-state index in [4.69, 9.17) is 0 Å². The van der Waals surface area contributed by atoms with Crippen LogP contribution in [0, 0.1) is 27.7 Å². The molecule has 1 aromatic rings. The number of rotatable bonds is 8. The molecule has 2 rings (SSSR count). The van der Waals surface area contributed by atoms with E-state index in [0.717, 1.165) is 35.1 Å². The molecule has 0 aromatic heterocycles. The summed E-state index contributed by atoms with van der Waals surface area (Å²) in [6.07, 6.45) is 2.30. The lowest BCUT2D eigenvalue weighted by molar-refractivity contribution is -0.129. The molecular weight excluding hydrogens is 424 g/mol. The van der Waals surface area contributed by atoms with Gasteiger partial charge in [0.25, 0.3) is 0 Å². The predicted molar refractivity (Wildman–Crippen MR) is 119 cm³/mol. The first-order chi connectivity index (χ1) is 13.9. The molecule has 0 spiro atoms. The Morgan fingerprint density at radius 1 is 0.900 bits per heavy atom. The molecule has 0 atom stereocenters. The summed E-state index contributed by atoms with van der Waals surface area (Å²) < 4.78 is 52.3. The maximum absolute atomic E-state index is 13.3. The van der Waals surface area contributed by atoms with Gasteiger partial charge in [-0.25, -0.2) is 16.8 Å². The Morgan fingerprint density at radius 2 is 1.43 bits per heavy atom. The van der Waals surface area contributed by atoms with Gasteiger partial charge >= 0.3 is 0 Å². The molecule has 0 N–H and O–H groups in total. The largest absolute Gasteiger partial charge is 0.339 e. The third-order valence-electron chi connectivity index (χ3n) is 5.89. The van der Waals surface area contributed by atoms with E-state index >= 15 is 0 Å². The van der Waals surface area contributed by atoms with Crippen LogP contribution in [0.15, 0.2) is 11.0 Å². The van der Waals surface area contributed by atoms with Gasteiger partial charge in [0.1, 0.15) is 5.75 Å². The van der Waals surface area contributed by atoms with Gasteiger partial charge in [-0.1, -0.05) is 25.8 Å². The molecule has 0 bridgehead atoms. The molecule has 30 heavy (non-hydrogen) atoms. The molecular formula is C21H34N2O5S2. The zero-order valence-electron chi connectivity index (χ0n) is 18.7. The summed E-state index contributed by atoms with van der Waals surface area (Å²) in [5.41, 5.74) is 3.35. The van der Waals surface area contributed by atoms with Crippen molar-refractivity contribution in [3.63, 3.8) is 0 Å². The molecule has 0 unspecified atom stereocenters. The maximum atomic E-state index is 13.3. The number of carbonyl (C=O) groups excluding carboxylic acids is 1. The van der Waals surface area contributed by atoms with E-state index in [1.807, 2.05) is 40.7 Å². The Bertz CT molecular complexity index is 966. The highest BCUT2D eigenvalue weighted by molar-refractivity contribution is 7.92. The molecule has 1 fully saturated rings. The molecule has 9 heteroatoms. The van der Waals surface area contributed by atoms with Crippen molar-refractivity contribution in [2.24, 2.45) is 0 Å². The second-order valence-corrected chi connectivity index (χ2v) is 12.2. The Labute approximate surface area is 181 Å². The summed E-state index contributed by atoms with van der Waals surface area (Å²) in [4.78, 5) is 14.3. The molecule has 0 radical (unpaired) electrons. The highest BCUT2D eigenvalue weighted by Gasteiger charge is 2.33. The summed E-state index contributed by atoms with van der Waals surface area (Å²) in [6, 6.07) is 1.99. The number of hydrogen-bond acceptors (Lipinski definition) is 5. The third-order valence-corrected chi connectivity index (χ3v) is 9.66. The minimum atomic E-state index is -3.69. The van der Waals surface area contributed by atoms with Crippen molar-refractivity contribution >= 4 is 25.8 Å². The van der Waals surface area contributed by atoms with Gasteiger partial charge in [0.2, 0.25) is 15.9 Å². The van der Waals surface area contributed by atoms with Gasteiger partial charge in [0.05, 0.1) is 10.6 Å². The topological polar surface area (TPSA) is 91.8 Å². The molecule has 1 aliphatic rings. The zero-order valence-corrected chi connectivity index (χ0v) is 20.3. The Balaban J connectivity index is 2.08. The Kier molecular flexibility index (Phi) is 8.09. The molecule has 1 heterocycles. The number of aryl methyl sites for hydroxylation is 2. The number of piperazine rings is 1. The van der Waals surface area contributed by atoms with Crippen LogP contribution in [0.25, 0.3) is 0 Å². The van der Waals surface area contributed by atoms with E-state index in [-0.39, 0.29) is 31.9 Å². The number of hydrogen-bond donors (Lipinski definition) is 0. The molecule has 170 valence electrons. The van der Waals surface area contributed by atoms with Crippen molar-refractivity contribution in [3.8, 4) is 0 Å². The van der Waals surface area contributed by atoms with Gasteiger partial charge in [-0.3, -0.25) is 4.79 Å². The molecule has 1 amide bonds. The molecule has 0 saturated carbocycles. The molecule has 7 nitrogen and oxygen atoms in total. The average Bonchev–Trinajstić information content (AvgIpc) is 2.66. The summed E-state index contributed by atoms with van der Waals surface area (Å²) in [6.45, 7) is 10.2. The minimum Gasteiger partial charge on any atom is -0.339 e. The lowest BCUT2D eigenvalue weighted by atomic mass is 10.0. The first-order valence-electron chi connectivity index (χ1n) is 10.5. The fraction of sp³-hybridized carbons (Fsp3) is 0.667. The van der Waals surface area contributed by atoms with Gasteiger partial charge in [0.15, 0.2) is 9.84 Å². The maximum Gasteiger partial charge on any atom is 0.243 e. The summed E-state index contributed by atoms with van der Waals surface area (Å²) in [7, 11) is -7.12. The predicted octanol–water partition coefficient (Wildman–Crippen LogP) is 2.36. The van der Waals surface area contributed by atoms with Crippen LogP contribution in [0.3, 0.4) is 0 Å². The summed E-state index contributed by atoms with van der Waals surface area (Å²) in [5, 5.41) is 0. The van der Waals surface area contributed by atoms with Crippen LogP contribution in [0.4, 0.5) is 0 Å². The molecule has 1 saturated heterocycles. The number of benzene rings is 1. The van der Waals surface area contributed by atoms with Crippen LogP contribution < -0.4 is 0 Å².